The molecule has 0 radical (unpaired) electrons. The van der Waals surface area contributed by atoms with Gasteiger partial charge >= 0.3 is 0 Å². The van der Waals surface area contributed by atoms with Crippen LogP contribution in [0.2, 0.25) is 0 Å². The van der Waals surface area contributed by atoms with Gasteiger partial charge < -0.3 is 10.1 Å². The average Bonchev–Trinajstić information content (AvgIpc) is 3.04. The topological polar surface area (TPSA) is 56.1 Å². The molecule has 1 N–H and O–H groups in total. The van der Waals surface area contributed by atoms with Crippen molar-refractivity contribution in [2.75, 3.05) is 19.8 Å². The van der Waals surface area contributed by atoms with Crippen molar-refractivity contribution in [3.05, 3.63) is 48.3 Å². The first-order valence-electron chi connectivity index (χ1n) is 7.29. The van der Waals surface area contributed by atoms with Gasteiger partial charge in [0.05, 0.1) is 24.1 Å². The smallest absolute Gasteiger partial charge is 0.254 e. The third-order valence-corrected chi connectivity index (χ3v) is 3.67. The summed E-state index contributed by atoms with van der Waals surface area (Å²) in [5.41, 5.74) is 1.52. The third-order valence-electron chi connectivity index (χ3n) is 3.67. The van der Waals surface area contributed by atoms with Gasteiger partial charge in [-0.3, -0.25) is 4.79 Å². The molecule has 0 aliphatic carbocycles. The molecule has 1 saturated heterocycles. The highest BCUT2D eigenvalue weighted by atomic mass is 16.5. The van der Waals surface area contributed by atoms with Crippen LogP contribution in [0.3, 0.4) is 0 Å². The molecule has 5 nitrogen and oxygen atoms in total. The molecule has 1 amide bonds. The summed E-state index contributed by atoms with van der Waals surface area (Å²) >= 11 is 0. The second-order valence-corrected chi connectivity index (χ2v) is 5.30. The Hall–Kier alpha value is -2.14. The van der Waals surface area contributed by atoms with Crippen molar-refractivity contribution in [2.45, 2.75) is 12.8 Å². The largest absolute Gasteiger partial charge is 0.381 e. The molecule has 0 spiro atoms. The van der Waals surface area contributed by atoms with Crippen LogP contribution in [0.1, 0.15) is 23.2 Å². The highest BCUT2D eigenvalue weighted by Gasteiger charge is 2.16. The number of carbonyl (C=O) groups is 1. The number of rotatable bonds is 4. The maximum atomic E-state index is 12.1. The monoisotopic (exact) mass is 285 g/mol. The molecule has 1 aliphatic rings. The summed E-state index contributed by atoms with van der Waals surface area (Å²) < 4.78 is 7.12. The van der Waals surface area contributed by atoms with Crippen molar-refractivity contribution in [2.24, 2.45) is 5.92 Å². The SMILES string of the molecule is O=C(NCC1CCCOC1)c1cnn(-c2ccccc2)c1. The maximum absolute atomic E-state index is 12.1. The highest BCUT2D eigenvalue weighted by molar-refractivity contribution is 5.93. The van der Waals surface area contributed by atoms with Crippen molar-refractivity contribution < 1.29 is 9.53 Å². The van der Waals surface area contributed by atoms with Gasteiger partial charge in [-0.15, -0.1) is 0 Å². The Bertz CT molecular complexity index is 589. The Labute approximate surface area is 123 Å². The van der Waals surface area contributed by atoms with Gasteiger partial charge in [-0.1, -0.05) is 18.2 Å². The predicted octanol–water partition coefficient (Wildman–Crippen LogP) is 2.03. The molecule has 1 aliphatic heterocycles. The number of nitrogens with zero attached hydrogens (tertiary/aromatic N) is 2. The van der Waals surface area contributed by atoms with E-state index in [9.17, 15) is 4.79 Å². The van der Waals surface area contributed by atoms with E-state index < -0.39 is 0 Å². The van der Waals surface area contributed by atoms with Crippen molar-refractivity contribution in [3.63, 3.8) is 0 Å². The fraction of sp³-hybridized carbons (Fsp3) is 0.375. The van der Waals surface area contributed by atoms with Crippen LogP contribution in [0.25, 0.3) is 5.69 Å². The first kappa shape index (κ1) is 13.8. The van der Waals surface area contributed by atoms with E-state index in [4.69, 9.17) is 4.74 Å². The maximum Gasteiger partial charge on any atom is 0.254 e. The molecule has 1 aromatic carbocycles. The number of ether oxygens (including phenoxy) is 1. The molecule has 21 heavy (non-hydrogen) atoms. The lowest BCUT2D eigenvalue weighted by molar-refractivity contribution is 0.0536. The summed E-state index contributed by atoms with van der Waals surface area (Å²) in [5.74, 6) is 0.342. The van der Waals surface area contributed by atoms with Crippen molar-refractivity contribution in [1.29, 1.82) is 0 Å². The van der Waals surface area contributed by atoms with E-state index in [1.807, 2.05) is 30.3 Å². The van der Waals surface area contributed by atoms with E-state index in [2.05, 4.69) is 10.4 Å². The fourth-order valence-electron chi connectivity index (χ4n) is 2.47. The van der Waals surface area contributed by atoms with Crippen molar-refractivity contribution >= 4 is 5.91 Å². The standard InChI is InChI=1S/C16H19N3O2/c20-16(17-9-13-5-4-8-21-12-13)14-10-18-19(11-14)15-6-2-1-3-7-15/h1-3,6-7,10-11,13H,4-5,8-9,12H2,(H,17,20). The number of amides is 1. The van der Waals surface area contributed by atoms with E-state index >= 15 is 0 Å². The van der Waals surface area contributed by atoms with Crippen molar-refractivity contribution in [3.8, 4) is 5.69 Å². The van der Waals surface area contributed by atoms with Gasteiger partial charge in [-0.2, -0.15) is 5.10 Å². The molecule has 0 bridgehead atoms. The predicted molar refractivity (Wildman–Crippen MR) is 79.4 cm³/mol. The Morgan fingerprint density at radius 1 is 1.38 bits per heavy atom. The summed E-state index contributed by atoms with van der Waals surface area (Å²) in [7, 11) is 0. The lowest BCUT2D eigenvalue weighted by Crippen LogP contribution is -2.33. The van der Waals surface area contributed by atoms with Crippen LogP contribution in [-0.2, 0) is 4.74 Å². The first-order valence-corrected chi connectivity index (χ1v) is 7.29. The minimum atomic E-state index is -0.0808. The highest BCUT2D eigenvalue weighted by Crippen LogP contribution is 2.13. The lowest BCUT2D eigenvalue weighted by atomic mass is 10.0. The van der Waals surface area contributed by atoms with Gasteiger partial charge in [-0.05, 0) is 30.9 Å². The number of benzene rings is 1. The van der Waals surface area contributed by atoms with Crippen LogP contribution in [-0.4, -0.2) is 35.4 Å². The summed E-state index contributed by atoms with van der Waals surface area (Å²) in [5, 5.41) is 7.19. The third kappa shape index (κ3) is 3.49. The van der Waals surface area contributed by atoms with E-state index in [0.29, 0.717) is 18.0 Å². The van der Waals surface area contributed by atoms with Crippen LogP contribution >= 0.6 is 0 Å². The number of carbonyl (C=O) groups excluding carboxylic acids is 1. The molecular weight excluding hydrogens is 266 g/mol. The van der Waals surface area contributed by atoms with Gasteiger partial charge in [0.15, 0.2) is 0 Å². The van der Waals surface area contributed by atoms with Crippen LogP contribution in [0.4, 0.5) is 0 Å². The van der Waals surface area contributed by atoms with Crippen LogP contribution in [0.15, 0.2) is 42.7 Å². The van der Waals surface area contributed by atoms with Gasteiger partial charge in [0.2, 0.25) is 0 Å². The minimum Gasteiger partial charge on any atom is -0.381 e. The molecule has 0 saturated carbocycles. The molecule has 2 heterocycles. The average molecular weight is 285 g/mol. The summed E-state index contributed by atoms with van der Waals surface area (Å²) in [6.45, 7) is 2.24. The Morgan fingerprint density at radius 3 is 3.00 bits per heavy atom. The van der Waals surface area contributed by atoms with Crippen molar-refractivity contribution in [1.82, 2.24) is 15.1 Å². The first-order chi connectivity index (χ1) is 10.3. The zero-order valence-corrected chi connectivity index (χ0v) is 11.9. The molecule has 110 valence electrons. The van der Waals surface area contributed by atoms with Crippen LogP contribution in [0, 0.1) is 5.92 Å². The quantitative estimate of drug-likeness (QED) is 0.935. The Balaban J connectivity index is 1.59. The Morgan fingerprint density at radius 2 is 2.24 bits per heavy atom. The summed E-state index contributed by atoms with van der Waals surface area (Å²) in [6, 6.07) is 9.74. The fourth-order valence-corrected chi connectivity index (χ4v) is 2.47. The summed E-state index contributed by atoms with van der Waals surface area (Å²) in [6.07, 6.45) is 5.54. The molecule has 1 aromatic heterocycles. The second kappa shape index (κ2) is 6.54. The lowest BCUT2D eigenvalue weighted by Gasteiger charge is -2.21. The Kier molecular flexibility index (Phi) is 4.31. The molecule has 1 fully saturated rings. The number of nitrogens with one attached hydrogen (secondary N) is 1. The molecule has 5 heteroatoms. The molecular formula is C16H19N3O2. The second-order valence-electron chi connectivity index (χ2n) is 5.30. The zero-order valence-electron chi connectivity index (χ0n) is 11.9. The number of aromatic nitrogens is 2. The molecule has 2 aromatic rings. The van der Waals surface area contributed by atoms with Crippen LogP contribution in [0.5, 0.6) is 0 Å². The normalized spacial score (nSPS) is 18.4. The van der Waals surface area contributed by atoms with E-state index in [-0.39, 0.29) is 5.91 Å². The number of hydrogen-bond acceptors (Lipinski definition) is 3. The molecule has 1 unspecified atom stereocenters. The van der Waals surface area contributed by atoms with Gasteiger partial charge in [-0.25, -0.2) is 4.68 Å². The molecule has 3 rings (SSSR count). The van der Waals surface area contributed by atoms with Gasteiger partial charge in [0.1, 0.15) is 0 Å². The van der Waals surface area contributed by atoms with Gasteiger partial charge in [0.25, 0.3) is 5.91 Å². The van der Waals surface area contributed by atoms with Gasteiger partial charge in [0, 0.05) is 19.3 Å². The zero-order chi connectivity index (χ0) is 14.5. The summed E-state index contributed by atoms with van der Waals surface area (Å²) in [4.78, 5) is 12.1. The van der Waals surface area contributed by atoms with E-state index in [0.717, 1.165) is 31.7 Å². The van der Waals surface area contributed by atoms with E-state index in [1.165, 1.54) is 0 Å². The number of hydrogen-bond donors (Lipinski definition) is 1. The minimum absolute atomic E-state index is 0.0808. The number of para-hydroxylation sites is 1. The van der Waals surface area contributed by atoms with Crippen LogP contribution < -0.4 is 5.32 Å². The van der Waals surface area contributed by atoms with E-state index in [1.54, 1.807) is 17.1 Å². The molecule has 1 atom stereocenters.